The Hall–Kier alpha value is -0.850. The number of nitrogens with one attached hydrogen (secondary N) is 1. The molecule has 10 atom stereocenters. The molecule has 1 amide bonds. The highest BCUT2D eigenvalue weighted by Crippen LogP contribution is 2.32. The van der Waals surface area contributed by atoms with Crippen LogP contribution in [-0.2, 0) is 23.7 Å². The van der Waals surface area contributed by atoms with Crippen molar-refractivity contribution in [1.82, 2.24) is 5.32 Å². The van der Waals surface area contributed by atoms with Crippen LogP contribution in [0.15, 0.2) is 0 Å². The van der Waals surface area contributed by atoms with Gasteiger partial charge in [-0.15, -0.1) is 0 Å². The molecule has 6 N–H and O–H groups in total. The van der Waals surface area contributed by atoms with Gasteiger partial charge < -0.3 is 45.3 Å². The van der Waals surface area contributed by atoms with Gasteiger partial charge in [0.1, 0.15) is 18.2 Å². The van der Waals surface area contributed by atoms with Crippen LogP contribution in [0.2, 0.25) is 0 Å². The van der Waals surface area contributed by atoms with E-state index in [2.05, 4.69) is 5.32 Å². The lowest BCUT2D eigenvalue weighted by atomic mass is 9.86. The van der Waals surface area contributed by atoms with Crippen molar-refractivity contribution in [2.45, 2.75) is 88.8 Å². The third kappa shape index (κ3) is 4.82. The molecular formula is C18H34N2O8. The summed E-state index contributed by atoms with van der Waals surface area (Å²) in [5, 5.41) is 33.6. The van der Waals surface area contributed by atoms with Crippen molar-refractivity contribution in [3.63, 3.8) is 0 Å². The number of aliphatic hydroxyl groups excluding tert-OH is 3. The van der Waals surface area contributed by atoms with Crippen LogP contribution in [0, 0.1) is 5.92 Å². The molecule has 164 valence electrons. The second kappa shape index (κ2) is 10.3. The molecule has 0 aromatic rings. The predicted octanol–water partition coefficient (Wildman–Crippen LogP) is -1.55. The Morgan fingerprint density at radius 3 is 2.25 bits per heavy atom. The third-order valence-electron chi connectivity index (χ3n) is 5.55. The predicted molar refractivity (Wildman–Crippen MR) is 98.0 cm³/mol. The van der Waals surface area contributed by atoms with Crippen molar-refractivity contribution in [1.29, 1.82) is 0 Å². The Morgan fingerprint density at radius 2 is 1.75 bits per heavy atom. The molecule has 2 aliphatic heterocycles. The quantitative estimate of drug-likeness (QED) is 0.338. The van der Waals surface area contributed by atoms with Crippen LogP contribution in [0.1, 0.15) is 33.6 Å². The highest BCUT2D eigenvalue weighted by molar-refractivity contribution is 5.73. The Bertz CT molecular complexity index is 508. The number of hydrogen-bond acceptors (Lipinski definition) is 9. The van der Waals surface area contributed by atoms with Crippen LogP contribution in [0.25, 0.3) is 0 Å². The molecule has 10 unspecified atom stereocenters. The average Bonchev–Trinajstić information content (AvgIpc) is 2.67. The van der Waals surface area contributed by atoms with Crippen LogP contribution < -0.4 is 11.1 Å². The summed E-state index contributed by atoms with van der Waals surface area (Å²) in [4.78, 5) is 11.5. The lowest BCUT2D eigenvalue weighted by Gasteiger charge is -2.48. The first-order valence-corrected chi connectivity index (χ1v) is 9.77. The first kappa shape index (κ1) is 23.4. The maximum absolute atomic E-state index is 11.5. The number of hydrogen-bond donors (Lipinski definition) is 5. The molecule has 0 saturated carbocycles. The minimum Gasteiger partial charge on any atom is -0.394 e. The first-order chi connectivity index (χ1) is 13.3. The summed E-state index contributed by atoms with van der Waals surface area (Å²) in [7, 11) is 1.42. The fourth-order valence-corrected chi connectivity index (χ4v) is 4.00. The van der Waals surface area contributed by atoms with Gasteiger partial charge in [-0.1, -0.05) is 13.8 Å². The second-order valence-corrected chi connectivity index (χ2v) is 7.37. The number of nitrogens with two attached hydrogens (primary N) is 1. The second-order valence-electron chi connectivity index (χ2n) is 7.37. The molecule has 0 radical (unpaired) electrons. The Labute approximate surface area is 165 Å². The molecular weight excluding hydrogens is 372 g/mol. The molecule has 10 heteroatoms. The fraction of sp³-hybridized carbons (Fsp3) is 0.944. The van der Waals surface area contributed by atoms with Crippen molar-refractivity contribution < 1.29 is 39.1 Å². The van der Waals surface area contributed by atoms with E-state index in [0.29, 0.717) is 12.8 Å². The van der Waals surface area contributed by atoms with Gasteiger partial charge >= 0.3 is 0 Å². The van der Waals surface area contributed by atoms with Crippen LogP contribution >= 0.6 is 0 Å². The van der Waals surface area contributed by atoms with E-state index < -0.39 is 55.2 Å². The summed E-state index contributed by atoms with van der Waals surface area (Å²) in [5.41, 5.74) is 6.13. The number of ether oxygens (including phenoxy) is 4. The zero-order chi connectivity index (χ0) is 21.0. The van der Waals surface area contributed by atoms with Crippen LogP contribution in [0.5, 0.6) is 0 Å². The van der Waals surface area contributed by atoms with E-state index in [4.69, 9.17) is 24.7 Å². The SMILES string of the molecule is CCC1OC(OC)C(NC(C)=O)C(O)C1OC1OC(CO)C(CC)C(O)C1N. The summed E-state index contributed by atoms with van der Waals surface area (Å²) in [6, 6.07) is -1.71. The van der Waals surface area contributed by atoms with E-state index in [9.17, 15) is 20.1 Å². The number of amides is 1. The molecule has 2 aliphatic rings. The number of aliphatic hydroxyl groups is 3. The van der Waals surface area contributed by atoms with Gasteiger partial charge in [0.25, 0.3) is 0 Å². The van der Waals surface area contributed by atoms with E-state index in [1.165, 1.54) is 14.0 Å². The van der Waals surface area contributed by atoms with Crippen molar-refractivity contribution >= 4 is 5.91 Å². The summed E-state index contributed by atoms with van der Waals surface area (Å²) in [5.74, 6) is -0.671. The fourth-order valence-electron chi connectivity index (χ4n) is 4.00. The Kier molecular flexibility index (Phi) is 8.59. The molecule has 0 spiro atoms. The van der Waals surface area contributed by atoms with E-state index >= 15 is 0 Å². The zero-order valence-corrected chi connectivity index (χ0v) is 16.9. The van der Waals surface area contributed by atoms with Crippen LogP contribution in [0.4, 0.5) is 0 Å². The molecule has 0 aromatic heterocycles. The lowest BCUT2D eigenvalue weighted by Crippen LogP contribution is -2.67. The smallest absolute Gasteiger partial charge is 0.217 e. The van der Waals surface area contributed by atoms with Gasteiger partial charge in [-0.25, -0.2) is 0 Å². The monoisotopic (exact) mass is 406 g/mol. The topological polar surface area (TPSA) is 153 Å². The van der Waals surface area contributed by atoms with Crippen molar-refractivity contribution in [3.8, 4) is 0 Å². The molecule has 0 aromatic carbocycles. The maximum Gasteiger partial charge on any atom is 0.217 e. The largest absolute Gasteiger partial charge is 0.394 e. The number of rotatable bonds is 7. The lowest BCUT2D eigenvalue weighted by molar-refractivity contribution is -0.321. The molecule has 0 aliphatic carbocycles. The van der Waals surface area contributed by atoms with Crippen molar-refractivity contribution in [2.75, 3.05) is 13.7 Å². The Morgan fingerprint density at radius 1 is 1.11 bits per heavy atom. The van der Waals surface area contributed by atoms with E-state index in [1.807, 2.05) is 13.8 Å². The molecule has 2 fully saturated rings. The van der Waals surface area contributed by atoms with E-state index in [-0.39, 0.29) is 18.4 Å². The van der Waals surface area contributed by atoms with E-state index in [0.717, 1.165) is 0 Å². The van der Waals surface area contributed by atoms with Gasteiger partial charge in [0.15, 0.2) is 12.6 Å². The minimum atomic E-state index is -1.16. The van der Waals surface area contributed by atoms with E-state index in [1.54, 1.807) is 0 Å². The molecule has 2 saturated heterocycles. The highest BCUT2D eigenvalue weighted by Gasteiger charge is 2.50. The third-order valence-corrected chi connectivity index (χ3v) is 5.55. The Balaban J connectivity index is 2.20. The average molecular weight is 406 g/mol. The molecule has 10 nitrogen and oxygen atoms in total. The minimum absolute atomic E-state index is 0.288. The van der Waals surface area contributed by atoms with Gasteiger partial charge in [-0.05, 0) is 12.8 Å². The molecule has 28 heavy (non-hydrogen) atoms. The molecule has 2 rings (SSSR count). The number of carbonyl (C=O) groups is 1. The van der Waals surface area contributed by atoms with Crippen LogP contribution in [0.3, 0.4) is 0 Å². The highest BCUT2D eigenvalue weighted by atomic mass is 16.7. The summed E-state index contributed by atoms with van der Waals surface area (Å²) in [6.07, 6.45) is -4.96. The first-order valence-electron chi connectivity index (χ1n) is 9.77. The summed E-state index contributed by atoms with van der Waals surface area (Å²) in [6.45, 7) is 4.78. The zero-order valence-electron chi connectivity index (χ0n) is 16.9. The van der Waals surface area contributed by atoms with Crippen molar-refractivity contribution in [3.05, 3.63) is 0 Å². The van der Waals surface area contributed by atoms with Crippen molar-refractivity contribution in [2.24, 2.45) is 11.7 Å². The maximum atomic E-state index is 11.5. The molecule has 2 heterocycles. The summed E-state index contributed by atoms with van der Waals surface area (Å²) >= 11 is 0. The number of methoxy groups -OCH3 is 1. The standard InChI is InChI=1S/C18H34N2O8/c1-5-9-11(7-21)27-17(12(19)14(9)23)28-16-10(6-2)26-18(25-4)13(15(16)24)20-8(3)22/h9-18,21,23-24H,5-7,19H2,1-4H3,(H,20,22). The van der Waals surface area contributed by atoms with Gasteiger partial charge in [0.2, 0.25) is 5.91 Å². The van der Waals surface area contributed by atoms with Gasteiger partial charge in [-0.3, -0.25) is 4.79 Å². The van der Waals surface area contributed by atoms with Crippen LogP contribution in [-0.4, -0.2) is 90.1 Å². The molecule has 0 bridgehead atoms. The van der Waals surface area contributed by atoms with Gasteiger partial charge in [0.05, 0.1) is 31.0 Å². The van der Waals surface area contributed by atoms with Gasteiger partial charge in [0, 0.05) is 20.0 Å². The van der Waals surface area contributed by atoms with Gasteiger partial charge in [-0.2, -0.15) is 0 Å². The summed E-state index contributed by atoms with van der Waals surface area (Å²) < 4.78 is 22.9. The normalized spacial score (nSPS) is 44.3. The number of carbonyl (C=O) groups excluding carboxylic acids is 1.